The Bertz CT molecular complexity index is 960. The molecule has 2 aliphatic rings. The van der Waals surface area contributed by atoms with E-state index in [4.69, 9.17) is 11.6 Å². The van der Waals surface area contributed by atoms with Crippen molar-refractivity contribution in [3.8, 4) is 0 Å². The summed E-state index contributed by atoms with van der Waals surface area (Å²) in [6.07, 6.45) is 0.631. The number of anilines is 1. The van der Waals surface area contributed by atoms with E-state index in [1.807, 2.05) is 4.90 Å². The van der Waals surface area contributed by atoms with Gasteiger partial charge in [0.2, 0.25) is 5.91 Å². The molecule has 2 aromatic rings. The first kappa shape index (κ1) is 17.8. The second-order valence-electron chi connectivity index (χ2n) is 6.73. The van der Waals surface area contributed by atoms with Gasteiger partial charge in [-0.2, -0.15) is 0 Å². The molecular formula is C20H17ClFN3O2. The molecule has 1 N–H and O–H groups in total. The summed E-state index contributed by atoms with van der Waals surface area (Å²) in [6.45, 7) is 1.21. The van der Waals surface area contributed by atoms with Gasteiger partial charge >= 0.3 is 0 Å². The molecule has 2 aliphatic heterocycles. The van der Waals surface area contributed by atoms with Gasteiger partial charge in [0.1, 0.15) is 5.82 Å². The van der Waals surface area contributed by atoms with Crippen molar-refractivity contribution < 1.29 is 14.0 Å². The van der Waals surface area contributed by atoms with E-state index < -0.39 is 5.82 Å². The lowest BCUT2D eigenvalue weighted by atomic mass is 9.85. The second-order valence-corrected chi connectivity index (χ2v) is 7.16. The molecule has 5 nitrogen and oxygen atoms in total. The number of Topliss-reactive ketones (excluding diaryl/α,β-unsaturated/α-hetero) is 1. The summed E-state index contributed by atoms with van der Waals surface area (Å²) in [6, 6.07) is 10.9. The fourth-order valence-electron chi connectivity index (χ4n) is 3.53. The Morgan fingerprint density at radius 2 is 2.15 bits per heavy atom. The Hall–Kier alpha value is -2.57. The van der Waals surface area contributed by atoms with E-state index in [1.165, 1.54) is 18.2 Å². The molecule has 27 heavy (non-hydrogen) atoms. The van der Waals surface area contributed by atoms with Crippen LogP contribution >= 0.6 is 11.6 Å². The molecule has 1 atom stereocenters. The number of aliphatic imine (C=N–C) groups is 1. The Balaban J connectivity index is 1.44. The molecule has 0 aliphatic carbocycles. The molecule has 1 unspecified atom stereocenters. The lowest BCUT2D eigenvalue weighted by molar-refractivity contribution is -0.117. The first-order chi connectivity index (χ1) is 13.0. The minimum Gasteiger partial charge on any atom is -0.325 e. The molecule has 0 spiro atoms. The summed E-state index contributed by atoms with van der Waals surface area (Å²) in [4.78, 5) is 31.7. The zero-order valence-corrected chi connectivity index (χ0v) is 15.2. The first-order valence-corrected chi connectivity index (χ1v) is 9.06. The van der Waals surface area contributed by atoms with Gasteiger partial charge in [-0.05, 0) is 42.8 Å². The molecule has 0 saturated carbocycles. The number of piperidine rings is 1. The molecule has 2 aromatic carbocycles. The molecule has 2 heterocycles. The number of ketones is 1. The monoisotopic (exact) mass is 385 g/mol. The Morgan fingerprint density at radius 3 is 2.96 bits per heavy atom. The molecule has 7 heteroatoms. The van der Waals surface area contributed by atoms with E-state index in [1.54, 1.807) is 24.3 Å². The number of hydrogen-bond donors (Lipinski definition) is 1. The number of fused-ring (bicyclic) bond motifs is 2. The highest BCUT2D eigenvalue weighted by Crippen LogP contribution is 2.33. The predicted molar refractivity (Wildman–Crippen MR) is 102 cm³/mol. The lowest BCUT2D eigenvalue weighted by Gasteiger charge is -2.34. The number of carbonyl (C=O) groups excluding carboxylic acids is 2. The molecule has 0 radical (unpaired) electrons. The highest BCUT2D eigenvalue weighted by atomic mass is 35.5. The van der Waals surface area contributed by atoms with E-state index in [9.17, 15) is 14.0 Å². The molecule has 1 amide bonds. The van der Waals surface area contributed by atoms with Gasteiger partial charge in [0.15, 0.2) is 5.78 Å². The van der Waals surface area contributed by atoms with Crippen LogP contribution in [-0.2, 0) is 4.79 Å². The molecule has 0 aromatic heterocycles. The molecule has 138 valence electrons. The third-order valence-electron chi connectivity index (χ3n) is 4.81. The van der Waals surface area contributed by atoms with E-state index in [0.29, 0.717) is 41.5 Å². The van der Waals surface area contributed by atoms with Gasteiger partial charge in [-0.1, -0.05) is 17.7 Å². The SMILES string of the molecule is O=C(CN1CCC2=Nc3ccc(Cl)cc3C(=O)C2C1)Nc1cccc(F)c1. The number of carbonyl (C=O) groups is 2. The maximum absolute atomic E-state index is 13.2. The number of rotatable bonds is 3. The van der Waals surface area contributed by atoms with Gasteiger partial charge in [0, 0.05) is 35.1 Å². The van der Waals surface area contributed by atoms with Crippen LogP contribution in [0.3, 0.4) is 0 Å². The van der Waals surface area contributed by atoms with Crippen LogP contribution in [0.15, 0.2) is 47.5 Å². The van der Waals surface area contributed by atoms with Crippen LogP contribution in [0.4, 0.5) is 15.8 Å². The van der Waals surface area contributed by atoms with Crippen LogP contribution in [0.2, 0.25) is 5.02 Å². The van der Waals surface area contributed by atoms with Crippen molar-refractivity contribution in [3.63, 3.8) is 0 Å². The predicted octanol–water partition coefficient (Wildman–Crippen LogP) is 3.71. The quantitative estimate of drug-likeness (QED) is 0.876. The van der Waals surface area contributed by atoms with Gasteiger partial charge in [-0.15, -0.1) is 0 Å². The van der Waals surface area contributed by atoms with Crippen LogP contribution in [0.25, 0.3) is 0 Å². The number of nitrogens with zero attached hydrogens (tertiary/aromatic N) is 2. The number of amides is 1. The van der Waals surface area contributed by atoms with E-state index >= 15 is 0 Å². The van der Waals surface area contributed by atoms with Gasteiger partial charge in [0.25, 0.3) is 0 Å². The lowest BCUT2D eigenvalue weighted by Crippen LogP contribution is -2.47. The van der Waals surface area contributed by atoms with E-state index in [-0.39, 0.29) is 24.2 Å². The van der Waals surface area contributed by atoms with Gasteiger partial charge in [0.05, 0.1) is 18.2 Å². The molecule has 4 rings (SSSR count). The highest BCUT2D eigenvalue weighted by molar-refractivity contribution is 6.31. The summed E-state index contributed by atoms with van der Waals surface area (Å²) < 4.78 is 13.2. The van der Waals surface area contributed by atoms with Crippen molar-refractivity contribution in [2.24, 2.45) is 10.9 Å². The maximum Gasteiger partial charge on any atom is 0.238 e. The normalized spacial score (nSPS) is 19.1. The van der Waals surface area contributed by atoms with Crippen molar-refractivity contribution >= 4 is 40.4 Å². The van der Waals surface area contributed by atoms with Crippen molar-refractivity contribution in [2.75, 3.05) is 25.0 Å². The summed E-state index contributed by atoms with van der Waals surface area (Å²) in [5, 5.41) is 3.19. The molecule has 0 bridgehead atoms. The van der Waals surface area contributed by atoms with Crippen molar-refractivity contribution in [1.82, 2.24) is 4.90 Å². The minimum atomic E-state index is -0.406. The van der Waals surface area contributed by atoms with Gasteiger partial charge in [-0.3, -0.25) is 19.5 Å². The first-order valence-electron chi connectivity index (χ1n) is 8.68. The smallest absolute Gasteiger partial charge is 0.238 e. The third kappa shape index (κ3) is 3.77. The number of benzene rings is 2. The van der Waals surface area contributed by atoms with Crippen LogP contribution in [-0.4, -0.2) is 41.9 Å². The largest absolute Gasteiger partial charge is 0.325 e. The van der Waals surface area contributed by atoms with Crippen LogP contribution in [0.5, 0.6) is 0 Å². The summed E-state index contributed by atoms with van der Waals surface area (Å²) >= 11 is 6.01. The second kappa shape index (κ2) is 7.21. The summed E-state index contributed by atoms with van der Waals surface area (Å²) in [5.41, 5.74) is 2.46. The minimum absolute atomic E-state index is 0.00672. The van der Waals surface area contributed by atoms with Gasteiger partial charge in [-0.25, -0.2) is 4.39 Å². The standard InChI is InChI=1S/C20H17ClFN3O2/c21-12-4-5-17-15(8-12)20(27)16-10-25(7-6-18(16)24-17)11-19(26)23-14-3-1-2-13(22)9-14/h1-5,8-9,16H,6-7,10-11H2,(H,23,26). The van der Waals surface area contributed by atoms with Gasteiger partial charge < -0.3 is 5.32 Å². The zero-order valence-electron chi connectivity index (χ0n) is 14.4. The number of likely N-dealkylation sites (tertiary alicyclic amines) is 1. The van der Waals surface area contributed by atoms with E-state index in [2.05, 4.69) is 10.3 Å². The maximum atomic E-state index is 13.2. The van der Waals surface area contributed by atoms with Crippen LogP contribution in [0.1, 0.15) is 16.8 Å². The van der Waals surface area contributed by atoms with Crippen molar-refractivity contribution in [1.29, 1.82) is 0 Å². The van der Waals surface area contributed by atoms with Crippen LogP contribution in [0, 0.1) is 11.7 Å². The highest BCUT2D eigenvalue weighted by Gasteiger charge is 2.36. The molecule has 1 fully saturated rings. The fraction of sp³-hybridized carbons (Fsp3) is 0.250. The molecule has 1 saturated heterocycles. The average molecular weight is 386 g/mol. The Kier molecular flexibility index (Phi) is 4.76. The van der Waals surface area contributed by atoms with Crippen molar-refractivity contribution in [3.05, 3.63) is 58.9 Å². The average Bonchev–Trinajstić information content (AvgIpc) is 2.63. The number of nitrogens with one attached hydrogen (secondary N) is 1. The Morgan fingerprint density at radius 1 is 1.30 bits per heavy atom. The molecular weight excluding hydrogens is 369 g/mol. The number of halogens is 2. The summed E-state index contributed by atoms with van der Waals surface area (Å²) in [5.74, 6) is -1.01. The van der Waals surface area contributed by atoms with E-state index in [0.717, 1.165) is 5.71 Å². The topological polar surface area (TPSA) is 61.8 Å². The zero-order chi connectivity index (χ0) is 19.0. The Labute approximate surface area is 160 Å². The third-order valence-corrected chi connectivity index (χ3v) is 5.04. The van der Waals surface area contributed by atoms with Crippen molar-refractivity contribution in [2.45, 2.75) is 6.42 Å². The van der Waals surface area contributed by atoms with Crippen LogP contribution < -0.4 is 5.32 Å². The fourth-order valence-corrected chi connectivity index (χ4v) is 3.70. The summed E-state index contributed by atoms with van der Waals surface area (Å²) in [7, 11) is 0. The number of hydrogen-bond acceptors (Lipinski definition) is 4.